The van der Waals surface area contributed by atoms with Gasteiger partial charge in [0.25, 0.3) is 0 Å². The molecule has 25 heavy (non-hydrogen) atoms. The monoisotopic (exact) mass is 363 g/mol. The Morgan fingerprint density at radius 1 is 1.20 bits per heavy atom. The zero-order valence-corrected chi connectivity index (χ0v) is 15.1. The Morgan fingerprint density at radius 3 is 2.40 bits per heavy atom. The van der Waals surface area contributed by atoms with Crippen LogP contribution in [0, 0.1) is 13.8 Å². The van der Waals surface area contributed by atoms with E-state index < -0.39 is 22.0 Å². The van der Waals surface area contributed by atoms with Crippen LogP contribution in [-0.2, 0) is 21.2 Å². The number of carboxylic acid groups (broad SMARTS) is 1. The molecule has 0 amide bonds. The number of carbonyl (C=O) groups is 1. The Morgan fingerprint density at radius 2 is 1.84 bits per heavy atom. The van der Waals surface area contributed by atoms with Crippen LogP contribution in [-0.4, -0.2) is 32.6 Å². The lowest BCUT2D eigenvalue weighted by Crippen LogP contribution is -2.42. The van der Waals surface area contributed by atoms with Crippen LogP contribution in [0.15, 0.2) is 47.4 Å². The molecule has 7 heteroatoms. The van der Waals surface area contributed by atoms with Crippen LogP contribution >= 0.6 is 0 Å². The zero-order chi connectivity index (χ0) is 18.6. The Balaban J connectivity index is 2.37. The number of ether oxygens (including phenoxy) is 1. The molecule has 0 bridgehead atoms. The highest BCUT2D eigenvalue weighted by Crippen LogP contribution is 2.29. The first kappa shape index (κ1) is 19.0. The standard InChI is InChI=1S/C18H21NO5S/c1-12-9-13(2)17(16(10-12)24-3)25(22,23)19-15(18(20)21)11-14-7-5-4-6-8-14/h4-10,15,19H,11H2,1-3H3,(H,20,21)/t15-/m1/s1. The summed E-state index contributed by atoms with van der Waals surface area (Å²) in [5.41, 5.74) is 2.07. The summed E-state index contributed by atoms with van der Waals surface area (Å²) in [5, 5.41) is 9.43. The molecule has 0 aliphatic rings. The molecule has 0 aliphatic carbocycles. The van der Waals surface area contributed by atoms with Gasteiger partial charge >= 0.3 is 5.97 Å². The van der Waals surface area contributed by atoms with Gasteiger partial charge in [0.15, 0.2) is 0 Å². The Labute approximate surface area is 147 Å². The largest absolute Gasteiger partial charge is 0.495 e. The summed E-state index contributed by atoms with van der Waals surface area (Å²) in [6, 6.07) is 10.9. The lowest BCUT2D eigenvalue weighted by atomic mass is 10.1. The van der Waals surface area contributed by atoms with Crippen LogP contribution in [0.25, 0.3) is 0 Å². The number of nitrogens with one attached hydrogen (secondary N) is 1. The van der Waals surface area contributed by atoms with E-state index in [1.54, 1.807) is 43.3 Å². The van der Waals surface area contributed by atoms with Gasteiger partial charge in [0.1, 0.15) is 16.7 Å². The number of hydrogen-bond acceptors (Lipinski definition) is 4. The van der Waals surface area contributed by atoms with E-state index in [-0.39, 0.29) is 17.1 Å². The van der Waals surface area contributed by atoms with Gasteiger partial charge in [-0.2, -0.15) is 4.72 Å². The van der Waals surface area contributed by atoms with Crippen molar-refractivity contribution in [1.29, 1.82) is 0 Å². The third kappa shape index (κ3) is 4.58. The van der Waals surface area contributed by atoms with Crippen molar-refractivity contribution in [3.8, 4) is 5.75 Å². The molecule has 1 atom stereocenters. The zero-order valence-electron chi connectivity index (χ0n) is 14.3. The molecule has 0 saturated carbocycles. The number of aliphatic carboxylic acids is 1. The van der Waals surface area contributed by atoms with Crippen LogP contribution < -0.4 is 9.46 Å². The van der Waals surface area contributed by atoms with Crippen LogP contribution in [0.4, 0.5) is 0 Å². The summed E-state index contributed by atoms with van der Waals surface area (Å²) in [4.78, 5) is 11.5. The van der Waals surface area contributed by atoms with Crippen LogP contribution in [0.1, 0.15) is 16.7 Å². The van der Waals surface area contributed by atoms with E-state index in [1.807, 2.05) is 13.0 Å². The van der Waals surface area contributed by atoms with E-state index in [1.165, 1.54) is 7.11 Å². The molecule has 0 aliphatic heterocycles. The number of benzene rings is 2. The van der Waals surface area contributed by atoms with Crippen LogP contribution in [0.5, 0.6) is 5.75 Å². The van der Waals surface area contributed by atoms with E-state index in [2.05, 4.69) is 4.72 Å². The van der Waals surface area contributed by atoms with E-state index >= 15 is 0 Å². The maximum Gasteiger partial charge on any atom is 0.322 e. The average Bonchev–Trinajstić information content (AvgIpc) is 2.53. The molecule has 0 unspecified atom stereocenters. The number of sulfonamides is 1. The van der Waals surface area contributed by atoms with Gasteiger partial charge in [-0.3, -0.25) is 4.79 Å². The minimum atomic E-state index is -4.07. The first-order valence-corrected chi connectivity index (χ1v) is 9.17. The molecule has 134 valence electrons. The highest BCUT2D eigenvalue weighted by atomic mass is 32.2. The average molecular weight is 363 g/mol. The first-order chi connectivity index (χ1) is 11.7. The number of hydrogen-bond donors (Lipinski definition) is 2. The molecule has 0 heterocycles. The SMILES string of the molecule is COc1cc(C)cc(C)c1S(=O)(=O)N[C@H](Cc1ccccc1)C(=O)O. The fraction of sp³-hybridized carbons (Fsp3) is 0.278. The fourth-order valence-electron chi connectivity index (χ4n) is 2.69. The van der Waals surface area contributed by atoms with Crippen molar-refractivity contribution >= 4 is 16.0 Å². The first-order valence-electron chi connectivity index (χ1n) is 7.69. The molecule has 2 N–H and O–H groups in total. The van der Waals surface area contributed by atoms with Gasteiger partial charge in [-0.05, 0) is 43.0 Å². The van der Waals surface area contributed by atoms with Crippen molar-refractivity contribution in [2.45, 2.75) is 31.2 Å². The molecular weight excluding hydrogens is 342 g/mol. The van der Waals surface area contributed by atoms with E-state index in [0.29, 0.717) is 5.56 Å². The fourth-order valence-corrected chi connectivity index (χ4v) is 4.25. The summed E-state index contributed by atoms with van der Waals surface area (Å²) in [6.45, 7) is 3.48. The maximum absolute atomic E-state index is 12.8. The minimum Gasteiger partial charge on any atom is -0.495 e. The summed E-state index contributed by atoms with van der Waals surface area (Å²) < 4.78 is 33.1. The molecule has 0 aromatic heterocycles. The maximum atomic E-state index is 12.8. The van der Waals surface area contributed by atoms with Gasteiger partial charge in [0, 0.05) is 0 Å². The molecule has 0 fully saturated rings. The second-order valence-corrected chi connectivity index (χ2v) is 7.47. The normalized spacial score (nSPS) is 12.6. The van der Waals surface area contributed by atoms with E-state index in [0.717, 1.165) is 11.1 Å². The third-order valence-corrected chi connectivity index (χ3v) is 5.41. The van der Waals surface area contributed by atoms with Crippen molar-refractivity contribution < 1.29 is 23.1 Å². The number of carboxylic acids is 1. The lowest BCUT2D eigenvalue weighted by Gasteiger charge is -2.18. The second kappa shape index (κ2) is 7.67. The van der Waals surface area contributed by atoms with Crippen molar-refractivity contribution in [2.75, 3.05) is 7.11 Å². The predicted molar refractivity (Wildman–Crippen MR) is 94.4 cm³/mol. The molecular formula is C18H21NO5S. The van der Waals surface area contributed by atoms with Gasteiger partial charge in [0.2, 0.25) is 10.0 Å². The van der Waals surface area contributed by atoms with Crippen molar-refractivity contribution in [2.24, 2.45) is 0 Å². The minimum absolute atomic E-state index is 0.0417. The van der Waals surface area contributed by atoms with Gasteiger partial charge < -0.3 is 9.84 Å². The van der Waals surface area contributed by atoms with Crippen molar-refractivity contribution in [3.05, 3.63) is 59.2 Å². The predicted octanol–water partition coefficient (Wildman–Crippen LogP) is 2.29. The van der Waals surface area contributed by atoms with Crippen molar-refractivity contribution in [1.82, 2.24) is 4.72 Å². The van der Waals surface area contributed by atoms with Gasteiger partial charge in [-0.25, -0.2) is 8.42 Å². The van der Waals surface area contributed by atoms with Gasteiger partial charge in [-0.15, -0.1) is 0 Å². The van der Waals surface area contributed by atoms with Crippen LogP contribution in [0.2, 0.25) is 0 Å². The Hall–Kier alpha value is -2.38. The number of methoxy groups -OCH3 is 1. The topological polar surface area (TPSA) is 92.7 Å². The molecule has 2 aromatic rings. The highest BCUT2D eigenvalue weighted by Gasteiger charge is 2.29. The molecule has 6 nitrogen and oxygen atoms in total. The Kier molecular flexibility index (Phi) is 5.81. The van der Waals surface area contributed by atoms with E-state index in [9.17, 15) is 18.3 Å². The van der Waals surface area contributed by atoms with Gasteiger partial charge in [0.05, 0.1) is 7.11 Å². The van der Waals surface area contributed by atoms with Crippen molar-refractivity contribution in [3.63, 3.8) is 0 Å². The number of rotatable bonds is 7. The smallest absolute Gasteiger partial charge is 0.322 e. The summed E-state index contributed by atoms with van der Waals surface area (Å²) >= 11 is 0. The Bertz CT molecular complexity index is 863. The molecule has 2 aromatic carbocycles. The third-order valence-electron chi connectivity index (χ3n) is 3.75. The molecule has 0 saturated heterocycles. The van der Waals surface area contributed by atoms with Crippen LogP contribution in [0.3, 0.4) is 0 Å². The lowest BCUT2D eigenvalue weighted by molar-refractivity contribution is -0.138. The summed E-state index contributed by atoms with van der Waals surface area (Å²) in [6.07, 6.45) is 0.0443. The second-order valence-electron chi connectivity index (χ2n) is 5.82. The van der Waals surface area contributed by atoms with E-state index in [4.69, 9.17) is 4.74 Å². The quantitative estimate of drug-likeness (QED) is 0.787. The van der Waals surface area contributed by atoms with Gasteiger partial charge in [-0.1, -0.05) is 36.4 Å². The molecule has 0 spiro atoms. The number of aryl methyl sites for hydroxylation is 2. The summed E-state index contributed by atoms with van der Waals surface area (Å²) in [5.74, 6) is -1.05. The molecule has 0 radical (unpaired) electrons. The molecule has 2 rings (SSSR count). The highest BCUT2D eigenvalue weighted by molar-refractivity contribution is 7.89. The summed E-state index contributed by atoms with van der Waals surface area (Å²) in [7, 11) is -2.69.